The molecular formula is C16H20N2O5. The molecule has 7 nitrogen and oxygen atoms in total. The Morgan fingerprint density at radius 1 is 1.57 bits per heavy atom. The van der Waals surface area contributed by atoms with Gasteiger partial charge in [0.05, 0.1) is 17.4 Å². The van der Waals surface area contributed by atoms with E-state index in [1.807, 2.05) is 0 Å². The molecular weight excluding hydrogens is 300 g/mol. The Hall–Kier alpha value is -2.15. The van der Waals surface area contributed by atoms with E-state index in [0.717, 1.165) is 31.4 Å². The summed E-state index contributed by atoms with van der Waals surface area (Å²) in [4.78, 5) is 24.4. The lowest BCUT2D eigenvalue weighted by Crippen LogP contribution is -2.35. The van der Waals surface area contributed by atoms with E-state index in [0.29, 0.717) is 13.1 Å². The lowest BCUT2D eigenvalue weighted by atomic mass is 9.81. The molecule has 23 heavy (non-hydrogen) atoms. The van der Waals surface area contributed by atoms with Gasteiger partial charge >= 0.3 is 11.7 Å². The van der Waals surface area contributed by atoms with Gasteiger partial charge in [-0.05, 0) is 30.4 Å². The van der Waals surface area contributed by atoms with Gasteiger partial charge in [0.1, 0.15) is 0 Å². The van der Waals surface area contributed by atoms with Gasteiger partial charge < -0.3 is 9.84 Å². The third-order valence-electron chi connectivity index (χ3n) is 5.21. The van der Waals surface area contributed by atoms with Crippen LogP contribution in [0.3, 0.4) is 0 Å². The third kappa shape index (κ3) is 2.65. The van der Waals surface area contributed by atoms with E-state index in [4.69, 9.17) is 4.74 Å². The summed E-state index contributed by atoms with van der Waals surface area (Å²) in [5, 5.41) is 20.7. The molecule has 1 aromatic carbocycles. The molecule has 1 N–H and O–H groups in total. The minimum atomic E-state index is -0.705. The van der Waals surface area contributed by atoms with Crippen molar-refractivity contribution in [3.63, 3.8) is 0 Å². The first kappa shape index (κ1) is 15.7. The van der Waals surface area contributed by atoms with Crippen molar-refractivity contribution in [1.82, 2.24) is 4.90 Å². The number of benzene rings is 1. The summed E-state index contributed by atoms with van der Waals surface area (Å²) < 4.78 is 5.01. The van der Waals surface area contributed by atoms with E-state index < -0.39 is 16.3 Å². The SMILES string of the molecule is COc1ccc(CN2C[C@@H]3CCC[C@@]3(C(=O)O)C2)cc1[N+](=O)[O-]. The fourth-order valence-corrected chi connectivity index (χ4v) is 4.10. The second kappa shape index (κ2) is 5.81. The quantitative estimate of drug-likeness (QED) is 0.661. The summed E-state index contributed by atoms with van der Waals surface area (Å²) in [7, 11) is 1.40. The van der Waals surface area contributed by atoms with E-state index in [-0.39, 0.29) is 17.4 Å². The van der Waals surface area contributed by atoms with Crippen LogP contribution >= 0.6 is 0 Å². The Kier molecular flexibility index (Phi) is 3.97. The molecule has 124 valence electrons. The van der Waals surface area contributed by atoms with Crippen LogP contribution in [0.15, 0.2) is 18.2 Å². The number of rotatable bonds is 5. The summed E-state index contributed by atoms with van der Waals surface area (Å²) in [5.74, 6) is -0.282. The molecule has 0 spiro atoms. The number of carboxylic acids is 1. The van der Waals surface area contributed by atoms with Gasteiger partial charge in [0, 0.05) is 25.7 Å². The molecule has 0 unspecified atom stereocenters. The molecule has 1 aliphatic carbocycles. The van der Waals surface area contributed by atoms with Gasteiger partial charge in [0.25, 0.3) is 0 Å². The van der Waals surface area contributed by atoms with Crippen molar-refractivity contribution >= 4 is 11.7 Å². The van der Waals surface area contributed by atoms with Crippen LogP contribution in [-0.2, 0) is 11.3 Å². The van der Waals surface area contributed by atoms with Crippen LogP contribution in [0.1, 0.15) is 24.8 Å². The third-order valence-corrected chi connectivity index (χ3v) is 5.21. The Bertz CT molecular complexity index is 647. The number of ether oxygens (including phenoxy) is 1. The highest BCUT2D eigenvalue weighted by atomic mass is 16.6. The minimum absolute atomic E-state index is 0.0580. The normalized spacial score (nSPS) is 26.9. The van der Waals surface area contributed by atoms with E-state index in [1.165, 1.54) is 13.2 Å². The maximum absolute atomic E-state index is 11.7. The summed E-state index contributed by atoms with van der Waals surface area (Å²) in [5.41, 5.74) is 0.119. The molecule has 2 atom stereocenters. The van der Waals surface area contributed by atoms with Crippen molar-refractivity contribution in [3.8, 4) is 5.75 Å². The number of nitro benzene ring substituents is 1. The standard InChI is InChI=1S/C16H20N2O5/c1-23-14-5-4-11(7-13(14)18(21)22)8-17-9-12-3-2-6-16(12,10-17)15(19)20/h4-5,7,12H,2-3,6,8-10H2,1H3,(H,19,20)/t12-,16+/m0/s1. The lowest BCUT2D eigenvalue weighted by Gasteiger charge is -2.23. The van der Waals surface area contributed by atoms with Crippen molar-refractivity contribution in [2.75, 3.05) is 20.2 Å². The number of fused-ring (bicyclic) bond motifs is 1. The Morgan fingerprint density at radius 2 is 2.35 bits per heavy atom. The first-order chi connectivity index (χ1) is 11.0. The van der Waals surface area contributed by atoms with Crippen molar-refractivity contribution < 1.29 is 19.6 Å². The van der Waals surface area contributed by atoms with Gasteiger partial charge in [-0.3, -0.25) is 19.8 Å². The average molecular weight is 320 g/mol. The number of likely N-dealkylation sites (tertiary alicyclic amines) is 1. The summed E-state index contributed by atoms with van der Waals surface area (Å²) in [6.07, 6.45) is 2.65. The number of hydrogen-bond acceptors (Lipinski definition) is 5. The highest BCUT2D eigenvalue weighted by molar-refractivity contribution is 5.76. The molecule has 1 saturated carbocycles. The molecule has 7 heteroatoms. The number of aliphatic carboxylic acids is 1. The zero-order valence-corrected chi connectivity index (χ0v) is 13.0. The van der Waals surface area contributed by atoms with Crippen LogP contribution in [-0.4, -0.2) is 41.1 Å². The highest BCUT2D eigenvalue weighted by Crippen LogP contribution is 2.49. The largest absolute Gasteiger partial charge is 0.490 e. The van der Waals surface area contributed by atoms with E-state index in [9.17, 15) is 20.0 Å². The number of methoxy groups -OCH3 is 1. The molecule has 0 aromatic heterocycles. The molecule has 2 fully saturated rings. The van der Waals surface area contributed by atoms with E-state index >= 15 is 0 Å². The molecule has 0 bridgehead atoms. The summed E-state index contributed by atoms with van der Waals surface area (Å²) in [6, 6.07) is 4.91. The number of nitro groups is 1. The molecule has 3 rings (SSSR count). The summed E-state index contributed by atoms with van der Waals surface area (Å²) in [6.45, 7) is 1.79. The number of carbonyl (C=O) groups is 1. The topological polar surface area (TPSA) is 92.9 Å². The van der Waals surface area contributed by atoms with Crippen LogP contribution in [0.4, 0.5) is 5.69 Å². The lowest BCUT2D eigenvalue weighted by molar-refractivity contribution is -0.385. The van der Waals surface area contributed by atoms with Crippen molar-refractivity contribution in [2.24, 2.45) is 11.3 Å². The zero-order chi connectivity index (χ0) is 16.6. The van der Waals surface area contributed by atoms with Gasteiger partial charge in [-0.1, -0.05) is 12.5 Å². The zero-order valence-electron chi connectivity index (χ0n) is 13.0. The number of hydrogen-bond donors (Lipinski definition) is 1. The first-order valence-corrected chi connectivity index (χ1v) is 7.73. The van der Waals surface area contributed by atoms with Crippen LogP contribution in [0.25, 0.3) is 0 Å². The van der Waals surface area contributed by atoms with Gasteiger partial charge in [-0.25, -0.2) is 0 Å². The van der Waals surface area contributed by atoms with Crippen LogP contribution in [0.2, 0.25) is 0 Å². The first-order valence-electron chi connectivity index (χ1n) is 7.73. The Balaban J connectivity index is 1.77. The highest BCUT2D eigenvalue weighted by Gasteiger charge is 2.54. The van der Waals surface area contributed by atoms with E-state index in [1.54, 1.807) is 12.1 Å². The molecule has 0 radical (unpaired) electrons. The molecule has 1 heterocycles. The number of nitrogens with zero attached hydrogens (tertiary/aromatic N) is 2. The van der Waals surface area contributed by atoms with Gasteiger partial charge in [0.2, 0.25) is 0 Å². The van der Waals surface area contributed by atoms with Crippen LogP contribution < -0.4 is 4.74 Å². The second-order valence-corrected chi connectivity index (χ2v) is 6.48. The van der Waals surface area contributed by atoms with Crippen molar-refractivity contribution in [3.05, 3.63) is 33.9 Å². The van der Waals surface area contributed by atoms with Gasteiger partial charge in [-0.2, -0.15) is 0 Å². The predicted molar refractivity (Wildman–Crippen MR) is 82.3 cm³/mol. The maximum atomic E-state index is 11.7. The maximum Gasteiger partial charge on any atom is 0.311 e. The summed E-state index contributed by atoms with van der Waals surface area (Å²) >= 11 is 0. The number of carboxylic acid groups (broad SMARTS) is 1. The Morgan fingerprint density at radius 3 is 2.96 bits per heavy atom. The predicted octanol–water partition coefficient (Wildman–Crippen LogP) is 2.29. The van der Waals surface area contributed by atoms with Crippen molar-refractivity contribution in [2.45, 2.75) is 25.8 Å². The molecule has 0 amide bonds. The van der Waals surface area contributed by atoms with Gasteiger partial charge in [0.15, 0.2) is 5.75 Å². The molecule has 1 aliphatic heterocycles. The van der Waals surface area contributed by atoms with Crippen LogP contribution in [0, 0.1) is 21.4 Å². The average Bonchev–Trinajstić information content (AvgIpc) is 3.04. The van der Waals surface area contributed by atoms with Crippen LogP contribution in [0.5, 0.6) is 5.75 Å². The fourth-order valence-electron chi connectivity index (χ4n) is 4.10. The second-order valence-electron chi connectivity index (χ2n) is 6.48. The molecule has 1 saturated heterocycles. The Labute approximate surface area is 134 Å². The van der Waals surface area contributed by atoms with Gasteiger partial charge in [-0.15, -0.1) is 0 Å². The van der Waals surface area contributed by atoms with Crippen molar-refractivity contribution in [1.29, 1.82) is 0 Å². The molecule has 2 aliphatic rings. The molecule has 1 aromatic rings. The smallest absolute Gasteiger partial charge is 0.311 e. The minimum Gasteiger partial charge on any atom is -0.490 e. The van der Waals surface area contributed by atoms with E-state index in [2.05, 4.69) is 4.90 Å². The monoisotopic (exact) mass is 320 g/mol. The fraction of sp³-hybridized carbons (Fsp3) is 0.562.